The van der Waals surface area contributed by atoms with Crippen molar-refractivity contribution in [2.45, 2.75) is 32.7 Å². The second kappa shape index (κ2) is 6.12. The van der Waals surface area contributed by atoms with Gasteiger partial charge in [0.05, 0.1) is 5.69 Å². The van der Waals surface area contributed by atoms with Gasteiger partial charge < -0.3 is 5.32 Å². The second-order valence-corrected chi connectivity index (χ2v) is 5.53. The molecule has 0 bridgehead atoms. The monoisotopic (exact) mass is 260 g/mol. The van der Waals surface area contributed by atoms with Crippen molar-refractivity contribution < 1.29 is 0 Å². The van der Waals surface area contributed by atoms with E-state index in [0.717, 1.165) is 17.2 Å². The summed E-state index contributed by atoms with van der Waals surface area (Å²) in [6.45, 7) is 5.33. The maximum Gasteiger partial charge on any atom is 0.107 e. The molecule has 1 heterocycles. The molecule has 0 aliphatic heterocycles. The summed E-state index contributed by atoms with van der Waals surface area (Å²) in [5.74, 6) is 0.634. The van der Waals surface area contributed by atoms with Crippen molar-refractivity contribution in [1.82, 2.24) is 10.3 Å². The molecule has 96 valence electrons. The molecule has 1 unspecified atom stereocenters. The number of benzene rings is 1. The van der Waals surface area contributed by atoms with E-state index in [1.807, 2.05) is 7.05 Å². The van der Waals surface area contributed by atoms with Crippen LogP contribution in [0.15, 0.2) is 29.6 Å². The molecule has 1 atom stereocenters. The van der Waals surface area contributed by atoms with Gasteiger partial charge >= 0.3 is 0 Å². The fourth-order valence-electron chi connectivity index (χ4n) is 1.89. The maximum absolute atomic E-state index is 4.62. The number of hydrogen-bond donors (Lipinski definition) is 1. The van der Waals surface area contributed by atoms with Crippen LogP contribution in [0.5, 0.6) is 0 Å². The topological polar surface area (TPSA) is 24.9 Å². The third-order valence-corrected chi connectivity index (χ3v) is 4.12. The first-order valence-electron chi connectivity index (χ1n) is 6.44. The smallest absolute Gasteiger partial charge is 0.107 e. The molecule has 2 nitrogen and oxygen atoms in total. The molecular weight excluding hydrogens is 240 g/mol. The van der Waals surface area contributed by atoms with Gasteiger partial charge in [0.15, 0.2) is 0 Å². The summed E-state index contributed by atoms with van der Waals surface area (Å²) in [4.78, 5) is 4.62. The lowest BCUT2D eigenvalue weighted by Gasteiger charge is -2.08. The number of aromatic nitrogens is 1. The minimum absolute atomic E-state index is 0.634. The highest BCUT2D eigenvalue weighted by atomic mass is 32.1. The molecule has 1 aromatic carbocycles. The minimum Gasteiger partial charge on any atom is -0.314 e. The Morgan fingerprint density at radius 2 is 2.00 bits per heavy atom. The summed E-state index contributed by atoms with van der Waals surface area (Å²) in [6, 6.07) is 8.81. The first-order valence-corrected chi connectivity index (χ1v) is 7.32. The summed E-state index contributed by atoms with van der Waals surface area (Å²) < 4.78 is 0. The molecule has 2 rings (SSSR count). The van der Waals surface area contributed by atoms with Crippen molar-refractivity contribution in [2.24, 2.45) is 0 Å². The maximum atomic E-state index is 4.62. The van der Waals surface area contributed by atoms with Gasteiger partial charge in [-0.15, -0.1) is 11.3 Å². The van der Waals surface area contributed by atoms with Crippen LogP contribution < -0.4 is 5.32 Å². The highest BCUT2D eigenvalue weighted by Gasteiger charge is 2.06. The summed E-state index contributed by atoms with van der Waals surface area (Å²) in [5, 5.41) is 6.40. The first-order chi connectivity index (χ1) is 8.74. The van der Waals surface area contributed by atoms with Crippen LogP contribution in [-0.2, 0) is 6.54 Å². The van der Waals surface area contributed by atoms with Gasteiger partial charge in [-0.2, -0.15) is 0 Å². The predicted molar refractivity (Wildman–Crippen MR) is 79.0 cm³/mol. The van der Waals surface area contributed by atoms with Crippen molar-refractivity contribution in [1.29, 1.82) is 0 Å². The van der Waals surface area contributed by atoms with Crippen molar-refractivity contribution in [3.8, 4) is 11.3 Å². The zero-order chi connectivity index (χ0) is 13.0. The molecule has 0 amide bonds. The molecule has 1 N–H and O–H groups in total. The SMILES string of the molecule is CCC(C)c1ccc(-c2csc(CNC)n2)cc1. The van der Waals surface area contributed by atoms with Gasteiger partial charge in [-0.25, -0.2) is 4.98 Å². The van der Waals surface area contributed by atoms with Gasteiger partial charge in [0.2, 0.25) is 0 Å². The summed E-state index contributed by atoms with van der Waals surface area (Å²) in [5.41, 5.74) is 3.70. The first kappa shape index (κ1) is 13.2. The summed E-state index contributed by atoms with van der Waals surface area (Å²) >= 11 is 1.71. The van der Waals surface area contributed by atoms with Gasteiger partial charge in [0.1, 0.15) is 5.01 Å². The van der Waals surface area contributed by atoms with Crippen molar-refractivity contribution in [3.63, 3.8) is 0 Å². The number of nitrogens with zero attached hydrogens (tertiary/aromatic N) is 1. The van der Waals surface area contributed by atoms with Crippen molar-refractivity contribution in [3.05, 3.63) is 40.2 Å². The molecule has 18 heavy (non-hydrogen) atoms. The second-order valence-electron chi connectivity index (χ2n) is 4.59. The molecule has 0 saturated heterocycles. The molecule has 3 heteroatoms. The van der Waals surface area contributed by atoms with E-state index in [9.17, 15) is 0 Å². The summed E-state index contributed by atoms with van der Waals surface area (Å²) in [6.07, 6.45) is 1.18. The lowest BCUT2D eigenvalue weighted by Crippen LogP contribution is -2.04. The number of nitrogens with one attached hydrogen (secondary N) is 1. The van der Waals surface area contributed by atoms with Crippen LogP contribution in [0.3, 0.4) is 0 Å². The summed E-state index contributed by atoms with van der Waals surface area (Å²) in [7, 11) is 1.95. The van der Waals surface area contributed by atoms with Gasteiger partial charge in [0, 0.05) is 17.5 Å². The number of thiazole rings is 1. The Balaban J connectivity index is 2.17. The van der Waals surface area contributed by atoms with E-state index in [-0.39, 0.29) is 0 Å². The third-order valence-electron chi connectivity index (χ3n) is 3.27. The van der Waals surface area contributed by atoms with Crippen LogP contribution in [0, 0.1) is 0 Å². The van der Waals surface area contributed by atoms with Crippen molar-refractivity contribution >= 4 is 11.3 Å². The molecule has 0 aliphatic rings. The van der Waals surface area contributed by atoms with Gasteiger partial charge in [-0.05, 0) is 24.9 Å². The molecule has 0 spiro atoms. The van der Waals surface area contributed by atoms with Crippen LogP contribution in [-0.4, -0.2) is 12.0 Å². The fourth-order valence-corrected chi connectivity index (χ4v) is 2.71. The average Bonchev–Trinajstić information content (AvgIpc) is 2.87. The van der Waals surface area contributed by atoms with Crippen LogP contribution >= 0.6 is 11.3 Å². The van der Waals surface area contributed by atoms with Gasteiger partial charge in [0.25, 0.3) is 0 Å². The van der Waals surface area contributed by atoms with E-state index in [1.165, 1.54) is 17.5 Å². The van der Waals surface area contributed by atoms with Gasteiger partial charge in [-0.1, -0.05) is 38.1 Å². The Morgan fingerprint density at radius 3 is 2.61 bits per heavy atom. The zero-order valence-electron chi connectivity index (χ0n) is 11.2. The highest BCUT2D eigenvalue weighted by Crippen LogP contribution is 2.25. The standard InChI is InChI=1S/C15H20N2S/c1-4-11(2)12-5-7-13(8-6-12)14-10-18-15(17-14)9-16-3/h5-8,10-11,16H,4,9H2,1-3H3. The normalized spacial score (nSPS) is 12.6. The Labute approximate surface area is 113 Å². The number of rotatable bonds is 5. The molecule has 1 aromatic heterocycles. The molecule has 0 aliphatic carbocycles. The highest BCUT2D eigenvalue weighted by molar-refractivity contribution is 7.09. The van der Waals surface area contributed by atoms with E-state index in [4.69, 9.17) is 0 Å². The van der Waals surface area contributed by atoms with E-state index >= 15 is 0 Å². The van der Waals surface area contributed by atoms with E-state index in [0.29, 0.717) is 5.92 Å². The fraction of sp³-hybridized carbons (Fsp3) is 0.400. The molecule has 0 saturated carbocycles. The van der Waals surface area contributed by atoms with E-state index in [1.54, 1.807) is 11.3 Å². The molecule has 2 aromatic rings. The zero-order valence-corrected chi connectivity index (χ0v) is 12.1. The van der Waals surface area contributed by atoms with Crippen molar-refractivity contribution in [2.75, 3.05) is 7.05 Å². The van der Waals surface area contributed by atoms with Crippen LogP contribution in [0.4, 0.5) is 0 Å². The van der Waals surface area contributed by atoms with Crippen LogP contribution in [0.1, 0.15) is 36.8 Å². The quantitative estimate of drug-likeness (QED) is 0.877. The molecular formula is C15H20N2S. The Morgan fingerprint density at radius 1 is 1.28 bits per heavy atom. The van der Waals surface area contributed by atoms with Crippen LogP contribution in [0.2, 0.25) is 0 Å². The molecule has 0 radical (unpaired) electrons. The molecule has 0 fully saturated rings. The lowest BCUT2D eigenvalue weighted by molar-refractivity contribution is 0.734. The van der Waals surface area contributed by atoms with Gasteiger partial charge in [-0.3, -0.25) is 0 Å². The Hall–Kier alpha value is -1.19. The van der Waals surface area contributed by atoms with Crippen LogP contribution in [0.25, 0.3) is 11.3 Å². The van der Waals surface area contributed by atoms with E-state index in [2.05, 4.69) is 53.8 Å². The Bertz CT molecular complexity index is 487. The lowest BCUT2D eigenvalue weighted by atomic mass is 9.97. The predicted octanol–water partition coefficient (Wildman–Crippen LogP) is 4.04. The largest absolute Gasteiger partial charge is 0.314 e. The third kappa shape index (κ3) is 2.98. The average molecular weight is 260 g/mol. The van der Waals surface area contributed by atoms with E-state index < -0.39 is 0 Å². The Kier molecular flexibility index (Phi) is 4.50. The minimum atomic E-state index is 0.634. The number of hydrogen-bond acceptors (Lipinski definition) is 3.